The average molecular weight is 649 g/mol. The van der Waals surface area contributed by atoms with Gasteiger partial charge in [-0.05, 0) is 98.5 Å². The van der Waals surface area contributed by atoms with Crippen LogP contribution in [0.15, 0.2) is 67.0 Å². The van der Waals surface area contributed by atoms with Crippen LogP contribution in [-0.4, -0.2) is 46.5 Å². The lowest BCUT2D eigenvalue weighted by Crippen LogP contribution is -2.35. The van der Waals surface area contributed by atoms with Crippen molar-refractivity contribution in [2.75, 3.05) is 13.1 Å². The lowest BCUT2D eigenvalue weighted by atomic mass is 9.95. The molecule has 0 unspecified atom stereocenters. The van der Waals surface area contributed by atoms with Crippen molar-refractivity contribution in [3.8, 4) is 11.1 Å². The topological polar surface area (TPSA) is 101 Å². The number of nitrogens with zero attached hydrogens (tertiary/aromatic N) is 2. The molecule has 2 heterocycles. The molecule has 47 heavy (non-hydrogen) atoms. The van der Waals surface area contributed by atoms with Gasteiger partial charge in [-0.1, -0.05) is 36.4 Å². The second-order valence-corrected chi connectivity index (χ2v) is 13.0. The molecule has 11 heteroatoms. The largest absolute Gasteiger partial charge is 0.444 e. The Morgan fingerprint density at radius 1 is 1.00 bits per heavy atom. The van der Waals surface area contributed by atoms with Gasteiger partial charge in [0.25, 0.3) is 5.91 Å². The molecule has 1 atom stereocenters. The number of nitrogens with one attached hydrogen (secondary N) is 2. The first-order chi connectivity index (χ1) is 22.2. The van der Waals surface area contributed by atoms with E-state index in [1.165, 1.54) is 12.3 Å². The van der Waals surface area contributed by atoms with Crippen LogP contribution < -0.4 is 10.6 Å². The summed E-state index contributed by atoms with van der Waals surface area (Å²) in [6.45, 7) is 8.15. The highest BCUT2D eigenvalue weighted by molar-refractivity contribution is 5.95. The lowest BCUT2D eigenvalue weighted by Gasteiger charge is -2.26. The number of alkyl carbamates (subject to hydrolysis) is 1. The first-order valence-corrected chi connectivity index (χ1v) is 15.7. The Balaban J connectivity index is 1.26. The van der Waals surface area contributed by atoms with Crippen LogP contribution in [0.1, 0.15) is 85.6 Å². The fourth-order valence-corrected chi connectivity index (χ4v) is 5.43. The number of ether oxygens (including phenoxy) is 1. The summed E-state index contributed by atoms with van der Waals surface area (Å²) in [5.41, 5.74) is 2.84. The van der Waals surface area contributed by atoms with E-state index in [1.54, 1.807) is 57.3 Å². The Morgan fingerprint density at radius 2 is 1.72 bits per heavy atom. The zero-order valence-corrected chi connectivity index (χ0v) is 26.9. The molecule has 2 aromatic carbocycles. The average Bonchev–Trinajstić information content (AvgIpc) is 3.88. The predicted octanol–water partition coefficient (Wildman–Crippen LogP) is 7.31. The van der Waals surface area contributed by atoms with Crippen molar-refractivity contribution in [1.29, 1.82) is 0 Å². The minimum atomic E-state index is -4.54. The maximum Gasteiger partial charge on any atom is 0.416 e. The first-order valence-electron chi connectivity index (χ1n) is 15.7. The van der Waals surface area contributed by atoms with E-state index in [9.17, 15) is 27.6 Å². The summed E-state index contributed by atoms with van der Waals surface area (Å²) < 4.78 is 46.1. The van der Waals surface area contributed by atoms with Crippen LogP contribution in [0.3, 0.4) is 0 Å². The van der Waals surface area contributed by atoms with E-state index in [-0.39, 0.29) is 24.3 Å². The van der Waals surface area contributed by atoms with Gasteiger partial charge >= 0.3 is 12.3 Å². The molecule has 1 aliphatic carbocycles. The van der Waals surface area contributed by atoms with E-state index in [1.807, 2.05) is 17.9 Å². The van der Waals surface area contributed by atoms with Gasteiger partial charge in [0.1, 0.15) is 5.60 Å². The highest BCUT2D eigenvalue weighted by atomic mass is 19.4. The van der Waals surface area contributed by atoms with Crippen LogP contribution in [0, 0.1) is 5.92 Å². The molecule has 0 saturated heterocycles. The molecule has 2 aliphatic rings. The third-order valence-corrected chi connectivity index (χ3v) is 8.15. The van der Waals surface area contributed by atoms with E-state index in [2.05, 4.69) is 15.6 Å². The molecular weight excluding hydrogens is 609 g/mol. The van der Waals surface area contributed by atoms with E-state index >= 15 is 0 Å². The van der Waals surface area contributed by atoms with E-state index in [0.717, 1.165) is 41.7 Å². The van der Waals surface area contributed by atoms with Gasteiger partial charge in [-0.15, -0.1) is 0 Å². The second-order valence-electron chi connectivity index (χ2n) is 13.0. The number of rotatable bonds is 8. The third-order valence-electron chi connectivity index (χ3n) is 8.15. The zero-order chi connectivity index (χ0) is 33.9. The molecule has 0 spiro atoms. The molecule has 0 radical (unpaired) electrons. The normalized spacial score (nSPS) is 15.8. The number of pyridine rings is 1. The molecular formula is C36H39F3N4O4. The van der Waals surface area contributed by atoms with Crippen molar-refractivity contribution >= 4 is 23.5 Å². The van der Waals surface area contributed by atoms with Gasteiger partial charge in [0, 0.05) is 37.9 Å². The van der Waals surface area contributed by atoms with Gasteiger partial charge in [0.2, 0.25) is 5.91 Å². The molecule has 1 saturated carbocycles. The fraction of sp³-hybridized carbons (Fsp3) is 0.389. The van der Waals surface area contributed by atoms with Gasteiger partial charge in [0.05, 0.1) is 17.2 Å². The SMILES string of the molecule is C[C@@H](NC(=O)c1cncc(C2=CCN(C(=O)C3CC3)CC2)c1)c1ccc(-c2cc(C(F)(F)F)ccc2CNC(=O)OC(C)(C)C)cc1. The standard InChI is InChI=1S/C36H39F3N4O4/c1-22(42-32(44)29-17-28(19-40-20-29)24-13-15-43(16-14-24)33(45)26-9-10-26)23-5-7-25(8-6-23)31-18-30(36(37,38)39)12-11-27(31)21-41-34(46)47-35(2,3)4/h5-8,11-13,17-20,22,26H,9-10,14-16,21H2,1-4H3,(H,41,46)(H,42,44)/t22-/m1/s1. The van der Waals surface area contributed by atoms with Crippen molar-refractivity contribution < 1.29 is 32.3 Å². The minimum Gasteiger partial charge on any atom is -0.444 e. The summed E-state index contributed by atoms with van der Waals surface area (Å²) in [4.78, 5) is 43.9. The summed E-state index contributed by atoms with van der Waals surface area (Å²) >= 11 is 0. The number of amides is 3. The quantitative estimate of drug-likeness (QED) is 0.267. The highest BCUT2D eigenvalue weighted by Crippen LogP contribution is 2.35. The lowest BCUT2D eigenvalue weighted by molar-refractivity contribution is -0.137. The molecule has 5 rings (SSSR count). The molecule has 1 aliphatic heterocycles. The van der Waals surface area contributed by atoms with E-state index in [0.29, 0.717) is 41.8 Å². The molecule has 3 aromatic rings. The van der Waals surface area contributed by atoms with Gasteiger partial charge in [0.15, 0.2) is 0 Å². The van der Waals surface area contributed by atoms with Crippen molar-refractivity contribution in [2.24, 2.45) is 5.92 Å². The molecule has 2 N–H and O–H groups in total. The number of aromatic nitrogens is 1. The molecule has 1 fully saturated rings. The summed E-state index contributed by atoms with van der Waals surface area (Å²) in [5.74, 6) is 0.0910. The van der Waals surface area contributed by atoms with Crippen LogP contribution in [0.5, 0.6) is 0 Å². The van der Waals surface area contributed by atoms with Crippen LogP contribution in [0.2, 0.25) is 0 Å². The Hall–Kier alpha value is -4.67. The van der Waals surface area contributed by atoms with Gasteiger partial charge in [-0.2, -0.15) is 13.2 Å². The molecule has 1 aromatic heterocycles. The number of alkyl halides is 3. The first kappa shape index (κ1) is 33.7. The number of hydrogen-bond donors (Lipinski definition) is 2. The van der Waals surface area contributed by atoms with Crippen LogP contribution in [-0.2, 0) is 22.3 Å². The monoisotopic (exact) mass is 648 g/mol. The maximum atomic E-state index is 13.6. The van der Waals surface area contributed by atoms with Gasteiger partial charge < -0.3 is 20.3 Å². The van der Waals surface area contributed by atoms with Crippen molar-refractivity contribution in [3.63, 3.8) is 0 Å². The maximum absolute atomic E-state index is 13.6. The number of hydrogen-bond acceptors (Lipinski definition) is 5. The van der Waals surface area contributed by atoms with Gasteiger partial charge in [-0.3, -0.25) is 14.6 Å². The molecule has 248 valence electrons. The zero-order valence-electron chi connectivity index (χ0n) is 26.9. The van der Waals surface area contributed by atoms with Gasteiger partial charge in [-0.25, -0.2) is 4.79 Å². The number of halogens is 3. The minimum absolute atomic E-state index is 0.0303. The Bertz CT molecular complexity index is 1670. The molecule has 3 amide bonds. The summed E-state index contributed by atoms with van der Waals surface area (Å²) in [7, 11) is 0. The number of benzene rings is 2. The van der Waals surface area contributed by atoms with Crippen molar-refractivity contribution in [2.45, 2.75) is 71.3 Å². The Morgan fingerprint density at radius 3 is 2.34 bits per heavy atom. The van der Waals surface area contributed by atoms with Crippen molar-refractivity contribution in [3.05, 3.63) is 94.8 Å². The fourth-order valence-electron chi connectivity index (χ4n) is 5.43. The number of carbonyl (C=O) groups is 3. The predicted molar refractivity (Wildman–Crippen MR) is 172 cm³/mol. The smallest absolute Gasteiger partial charge is 0.416 e. The van der Waals surface area contributed by atoms with E-state index < -0.39 is 29.5 Å². The van der Waals surface area contributed by atoms with Crippen LogP contribution >= 0.6 is 0 Å². The van der Waals surface area contributed by atoms with Crippen LogP contribution in [0.4, 0.5) is 18.0 Å². The van der Waals surface area contributed by atoms with E-state index in [4.69, 9.17) is 4.74 Å². The third kappa shape index (κ3) is 8.78. The second kappa shape index (κ2) is 13.6. The Kier molecular flexibility index (Phi) is 9.74. The highest BCUT2D eigenvalue weighted by Gasteiger charge is 2.34. The van der Waals surface area contributed by atoms with Crippen molar-refractivity contribution in [1.82, 2.24) is 20.5 Å². The number of carbonyl (C=O) groups excluding carboxylic acids is 3. The molecule has 8 nitrogen and oxygen atoms in total. The summed E-state index contributed by atoms with van der Waals surface area (Å²) in [5, 5.41) is 5.59. The summed E-state index contributed by atoms with van der Waals surface area (Å²) in [6.07, 6.45) is 2.67. The molecule has 0 bridgehead atoms. The Labute approximate surface area is 272 Å². The summed E-state index contributed by atoms with van der Waals surface area (Å²) in [6, 6.07) is 11.7. The van der Waals surface area contributed by atoms with Crippen LogP contribution in [0.25, 0.3) is 16.7 Å².